The largest absolute Gasteiger partial charge is 0.332 e. The highest BCUT2D eigenvalue weighted by molar-refractivity contribution is 6.31. The first-order valence-corrected chi connectivity index (χ1v) is 10.3. The van der Waals surface area contributed by atoms with Crippen LogP contribution in [0.1, 0.15) is 39.6 Å². The number of pyridine rings is 1. The number of nitrogens with zero attached hydrogens (tertiary/aromatic N) is 1. The van der Waals surface area contributed by atoms with Crippen molar-refractivity contribution in [1.82, 2.24) is 15.6 Å². The topological polar surface area (TPSA) is 83.1 Å². The van der Waals surface area contributed by atoms with E-state index in [4.69, 9.17) is 11.6 Å². The monoisotopic (exact) mass is 492 g/mol. The second-order valence-electron chi connectivity index (χ2n) is 7.31. The van der Waals surface area contributed by atoms with Gasteiger partial charge in [-0.25, -0.2) is 13.6 Å². The lowest BCUT2D eigenvalue weighted by molar-refractivity contribution is 0.102. The first-order valence-electron chi connectivity index (χ1n) is 9.94. The maximum atomic E-state index is 14.6. The van der Waals surface area contributed by atoms with Crippen LogP contribution in [0.2, 0.25) is 5.02 Å². The number of fused-ring (bicyclic) bond motifs is 1. The second kappa shape index (κ2) is 10.6. The quantitative estimate of drug-likeness (QED) is 0.459. The summed E-state index contributed by atoms with van der Waals surface area (Å²) in [5.74, 6) is -1.55. The number of amides is 3. The molecule has 6 nitrogen and oxygen atoms in total. The van der Waals surface area contributed by atoms with Crippen molar-refractivity contribution in [2.45, 2.75) is 25.4 Å². The number of carbonyl (C=O) groups is 2. The van der Waals surface area contributed by atoms with Gasteiger partial charge >= 0.3 is 6.03 Å². The Kier molecular flexibility index (Phi) is 7.84. The molecule has 0 saturated carbocycles. The lowest BCUT2D eigenvalue weighted by atomic mass is 10.0. The van der Waals surface area contributed by atoms with Crippen LogP contribution in [0.5, 0.6) is 0 Å². The maximum absolute atomic E-state index is 14.6. The van der Waals surface area contributed by atoms with Gasteiger partial charge in [0.05, 0.1) is 23.3 Å². The smallest absolute Gasteiger partial charge is 0.315 e. The first-order chi connectivity index (χ1) is 15.4. The van der Waals surface area contributed by atoms with Crippen LogP contribution < -0.4 is 16.0 Å². The van der Waals surface area contributed by atoms with E-state index in [1.807, 2.05) is 6.07 Å². The third kappa shape index (κ3) is 5.58. The molecular formula is C23H20Cl2F2N4O2. The fourth-order valence-corrected chi connectivity index (χ4v) is 3.91. The van der Waals surface area contributed by atoms with Gasteiger partial charge in [0, 0.05) is 23.0 Å². The zero-order chi connectivity index (χ0) is 22.7. The summed E-state index contributed by atoms with van der Waals surface area (Å²) in [7, 11) is 0. The summed E-state index contributed by atoms with van der Waals surface area (Å²) in [6.07, 6.45) is 2.51. The van der Waals surface area contributed by atoms with E-state index in [0.717, 1.165) is 6.07 Å². The van der Waals surface area contributed by atoms with Crippen LogP contribution in [-0.2, 0) is 13.0 Å². The highest BCUT2D eigenvalue weighted by atomic mass is 35.5. The molecule has 4 rings (SSSR count). The Morgan fingerprint density at radius 1 is 1.09 bits per heavy atom. The molecule has 3 amide bonds. The van der Waals surface area contributed by atoms with Crippen molar-refractivity contribution in [1.29, 1.82) is 0 Å². The van der Waals surface area contributed by atoms with Crippen LogP contribution in [0.25, 0.3) is 0 Å². The molecule has 10 heteroatoms. The summed E-state index contributed by atoms with van der Waals surface area (Å²) in [4.78, 5) is 29.2. The zero-order valence-corrected chi connectivity index (χ0v) is 18.8. The van der Waals surface area contributed by atoms with E-state index in [9.17, 15) is 18.4 Å². The van der Waals surface area contributed by atoms with E-state index in [1.54, 1.807) is 18.3 Å². The Labute approximate surface area is 200 Å². The molecule has 1 heterocycles. The lowest BCUT2D eigenvalue weighted by Crippen LogP contribution is -2.37. The van der Waals surface area contributed by atoms with Crippen LogP contribution in [0, 0.1) is 11.6 Å². The van der Waals surface area contributed by atoms with Gasteiger partial charge in [0.25, 0.3) is 5.91 Å². The van der Waals surface area contributed by atoms with Gasteiger partial charge in [0.15, 0.2) is 0 Å². The summed E-state index contributed by atoms with van der Waals surface area (Å²) in [5.41, 5.74) is 2.13. The van der Waals surface area contributed by atoms with E-state index in [0.29, 0.717) is 40.9 Å². The molecule has 0 bridgehead atoms. The van der Waals surface area contributed by atoms with Gasteiger partial charge in [-0.1, -0.05) is 17.7 Å². The highest BCUT2D eigenvalue weighted by Gasteiger charge is 2.31. The molecule has 0 aliphatic heterocycles. The molecule has 33 heavy (non-hydrogen) atoms. The molecule has 0 fully saturated rings. The number of nitrogens with one attached hydrogen (secondary N) is 3. The van der Waals surface area contributed by atoms with Gasteiger partial charge in [0.2, 0.25) is 0 Å². The van der Waals surface area contributed by atoms with Crippen molar-refractivity contribution in [3.63, 3.8) is 0 Å². The molecule has 1 aliphatic rings. The molecule has 3 N–H and O–H groups in total. The maximum Gasteiger partial charge on any atom is 0.315 e. The number of aromatic nitrogens is 1. The Balaban J connectivity index is 0.00000306. The van der Waals surface area contributed by atoms with E-state index < -0.39 is 29.6 Å². The Morgan fingerprint density at radius 3 is 2.61 bits per heavy atom. The molecule has 1 aliphatic carbocycles. The van der Waals surface area contributed by atoms with Crippen molar-refractivity contribution >= 4 is 41.6 Å². The summed E-state index contributed by atoms with van der Waals surface area (Å²) in [6, 6.07) is 10.8. The third-order valence-electron chi connectivity index (χ3n) is 5.22. The normalized spacial score (nSPS) is 14.1. The minimum Gasteiger partial charge on any atom is -0.332 e. The summed E-state index contributed by atoms with van der Waals surface area (Å²) >= 11 is 5.76. The molecule has 0 unspecified atom stereocenters. The zero-order valence-electron chi connectivity index (χ0n) is 17.2. The Bertz CT molecular complexity index is 1180. The first kappa shape index (κ1) is 24.4. The van der Waals surface area contributed by atoms with Crippen molar-refractivity contribution in [3.8, 4) is 0 Å². The van der Waals surface area contributed by atoms with Crippen LogP contribution in [0.4, 0.5) is 19.3 Å². The molecule has 0 spiro atoms. The second-order valence-corrected chi connectivity index (χ2v) is 7.72. The van der Waals surface area contributed by atoms with Gasteiger partial charge in [-0.2, -0.15) is 0 Å². The molecule has 2 aromatic carbocycles. The van der Waals surface area contributed by atoms with Gasteiger partial charge in [0.1, 0.15) is 11.6 Å². The van der Waals surface area contributed by atoms with E-state index >= 15 is 0 Å². The molecule has 1 atom stereocenters. The van der Waals surface area contributed by atoms with Crippen molar-refractivity contribution < 1.29 is 18.4 Å². The van der Waals surface area contributed by atoms with E-state index in [-0.39, 0.29) is 24.0 Å². The number of urea groups is 1. The van der Waals surface area contributed by atoms with Gasteiger partial charge < -0.3 is 16.0 Å². The van der Waals surface area contributed by atoms with Crippen LogP contribution in [-0.4, -0.2) is 16.9 Å². The summed E-state index contributed by atoms with van der Waals surface area (Å²) in [5, 5.41) is 8.00. The Morgan fingerprint density at radius 2 is 1.88 bits per heavy atom. The Hall–Kier alpha value is -3.23. The van der Waals surface area contributed by atoms with Gasteiger partial charge in [-0.05, 0) is 60.9 Å². The van der Waals surface area contributed by atoms with Crippen molar-refractivity contribution in [2.75, 3.05) is 5.32 Å². The minimum absolute atomic E-state index is 0. The van der Waals surface area contributed by atoms with Crippen LogP contribution in [0.15, 0.2) is 54.7 Å². The number of halogens is 4. The third-order valence-corrected chi connectivity index (χ3v) is 5.51. The van der Waals surface area contributed by atoms with E-state index in [2.05, 4.69) is 20.9 Å². The number of benzene rings is 2. The summed E-state index contributed by atoms with van der Waals surface area (Å²) in [6.45, 7) is 0.234. The molecule has 172 valence electrons. The molecule has 0 saturated heterocycles. The lowest BCUT2D eigenvalue weighted by Gasteiger charge is -2.16. The average molecular weight is 493 g/mol. The highest BCUT2D eigenvalue weighted by Crippen LogP contribution is 2.36. The molecule has 1 aromatic heterocycles. The predicted octanol–water partition coefficient (Wildman–Crippen LogP) is 5.17. The number of anilines is 1. The molecule has 0 radical (unpaired) electrons. The fraction of sp³-hybridized carbons (Fsp3) is 0.174. The average Bonchev–Trinajstić information content (AvgIpc) is 3.20. The standard InChI is InChI=1S/C23H19ClF2N4O2.ClH/c24-17-11-13(4-7-18(17)25)29-22(31)16-5-8-19(26)21-15(16)6-9-20(21)30-23(32)28-12-14-3-1-2-10-27-14;/h1-5,7-8,10-11,20H,6,9,12H2,(H,29,31)(H2,28,30,32);1H/t20-;/m0./s1. The van der Waals surface area contributed by atoms with Crippen LogP contribution in [0.3, 0.4) is 0 Å². The fourth-order valence-electron chi connectivity index (χ4n) is 3.73. The molecular weight excluding hydrogens is 473 g/mol. The number of hydrogen-bond acceptors (Lipinski definition) is 3. The van der Waals surface area contributed by atoms with E-state index in [1.165, 1.54) is 24.3 Å². The number of hydrogen-bond donors (Lipinski definition) is 3. The van der Waals surface area contributed by atoms with Gasteiger partial charge in [-0.15, -0.1) is 12.4 Å². The SMILES string of the molecule is Cl.O=C(NCc1ccccn1)N[C@H]1CCc2c(C(=O)Nc3ccc(F)c(Cl)c3)ccc(F)c21. The number of rotatable bonds is 5. The van der Waals surface area contributed by atoms with Crippen LogP contribution >= 0.6 is 24.0 Å². The van der Waals surface area contributed by atoms with Gasteiger partial charge in [-0.3, -0.25) is 9.78 Å². The molecule has 3 aromatic rings. The summed E-state index contributed by atoms with van der Waals surface area (Å²) < 4.78 is 28.0. The van der Waals surface area contributed by atoms with Crippen molar-refractivity contribution in [2.24, 2.45) is 0 Å². The number of carbonyl (C=O) groups excluding carboxylic acids is 2. The minimum atomic E-state index is -0.595. The predicted molar refractivity (Wildman–Crippen MR) is 124 cm³/mol. The van der Waals surface area contributed by atoms with Crippen molar-refractivity contribution in [3.05, 3.63) is 93.8 Å².